The van der Waals surface area contributed by atoms with Crippen LogP contribution < -0.4 is 11.1 Å². The second kappa shape index (κ2) is 5.26. The summed E-state index contributed by atoms with van der Waals surface area (Å²) in [6, 6.07) is 2.03. The van der Waals surface area contributed by atoms with Gasteiger partial charge in [0.15, 0.2) is 0 Å². The maximum atomic E-state index is 12.5. The highest BCUT2D eigenvalue weighted by Crippen LogP contribution is 2.36. The Morgan fingerprint density at radius 3 is 3.05 bits per heavy atom. The van der Waals surface area contributed by atoms with E-state index in [2.05, 4.69) is 29.4 Å². The van der Waals surface area contributed by atoms with Crippen molar-refractivity contribution in [3.8, 4) is 0 Å². The number of fused-ring (bicyclic) bond motifs is 1. The predicted octanol–water partition coefficient (Wildman–Crippen LogP) is 2.97. The Labute approximate surface area is 127 Å². The van der Waals surface area contributed by atoms with E-state index >= 15 is 0 Å². The van der Waals surface area contributed by atoms with Crippen LogP contribution in [0.5, 0.6) is 0 Å². The van der Waals surface area contributed by atoms with Gasteiger partial charge in [-0.15, -0.1) is 16.4 Å². The van der Waals surface area contributed by atoms with Crippen LogP contribution in [-0.2, 0) is 0 Å². The Bertz CT molecular complexity index is 679. The molecule has 1 aliphatic rings. The fourth-order valence-corrected chi connectivity index (χ4v) is 4.05. The normalized spacial score (nSPS) is 21.3. The zero-order valence-electron chi connectivity index (χ0n) is 12.3. The summed E-state index contributed by atoms with van der Waals surface area (Å²) in [5.74, 6) is -0.0850. The first-order chi connectivity index (χ1) is 9.96. The average molecular weight is 304 g/mol. The van der Waals surface area contributed by atoms with Gasteiger partial charge in [0.1, 0.15) is 9.71 Å². The third-order valence-electron chi connectivity index (χ3n) is 4.17. The van der Waals surface area contributed by atoms with E-state index in [0.717, 1.165) is 24.6 Å². The maximum absolute atomic E-state index is 12.5. The van der Waals surface area contributed by atoms with Crippen LogP contribution in [0.4, 0.5) is 5.69 Å². The highest BCUT2D eigenvalue weighted by molar-refractivity contribution is 7.21. The third-order valence-corrected chi connectivity index (χ3v) is 5.27. The summed E-state index contributed by atoms with van der Waals surface area (Å²) >= 11 is 1.31. The molecule has 112 valence electrons. The monoisotopic (exact) mass is 304 g/mol. The number of carbonyl (C=O) groups is 1. The summed E-state index contributed by atoms with van der Waals surface area (Å²) in [6.45, 7) is 4.52. The Kier molecular flexibility index (Phi) is 3.57. The summed E-state index contributed by atoms with van der Waals surface area (Å²) in [6.07, 6.45) is 6.03. The lowest BCUT2D eigenvalue weighted by atomic mass is 9.75. The van der Waals surface area contributed by atoms with E-state index in [1.807, 2.05) is 0 Å². The van der Waals surface area contributed by atoms with Crippen LogP contribution in [0.3, 0.4) is 0 Å². The number of thiophene rings is 1. The van der Waals surface area contributed by atoms with E-state index in [4.69, 9.17) is 5.73 Å². The van der Waals surface area contributed by atoms with Crippen molar-refractivity contribution < 1.29 is 4.79 Å². The van der Waals surface area contributed by atoms with Crippen molar-refractivity contribution in [1.29, 1.82) is 0 Å². The second-order valence-electron chi connectivity index (χ2n) is 6.53. The first-order valence-corrected chi connectivity index (χ1v) is 8.08. The Morgan fingerprint density at radius 2 is 2.33 bits per heavy atom. The van der Waals surface area contributed by atoms with Crippen LogP contribution in [0.1, 0.15) is 49.2 Å². The number of aromatic nitrogens is 2. The number of nitrogens with two attached hydrogens (primary N) is 1. The molecule has 21 heavy (non-hydrogen) atoms. The molecule has 3 N–H and O–H groups in total. The molecule has 0 spiro atoms. The molecule has 0 aromatic carbocycles. The van der Waals surface area contributed by atoms with Crippen molar-refractivity contribution in [2.75, 3.05) is 5.73 Å². The van der Waals surface area contributed by atoms with Gasteiger partial charge < -0.3 is 11.1 Å². The molecule has 1 aliphatic carbocycles. The van der Waals surface area contributed by atoms with E-state index in [-0.39, 0.29) is 11.9 Å². The van der Waals surface area contributed by atoms with Crippen LogP contribution in [-0.4, -0.2) is 22.1 Å². The van der Waals surface area contributed by atoms with Crippen molar-refractivity contribution in [3.05, 3.63) is 17.1 Å². The van der Waals surface area contributed by atoms with E-state index in [9.17, 15) is 4.79 Å². The standard InChI is InChI=1S/C15H20N4OS/c1-15(2)6-3-4-9(8-15)18-13(20)12-11(16)10-5-7-17-19-14(10)21-12/h5,7,9H,3-4,6,8,16H2,1-2H3,(H,18,20). The fraction of sp³-hybridized carbons (Fsp3) is 0.533. The number of amides is 1. The first kappa shape index (κ1) is 14.3. The van der Waals surface area contributed by atoms with Gasteiger partial charge in [0.05, 0.1) is 11.9 Å². The molecule has 1 atom stereocenters. The van der Waals surface area contributed by atoms with Crippen LogP contribution in [0.2, 0.25) is 0 Å². The largest absolute Gasteiger partial charge is 0.397 e. The summed E-state index contributed by atoms with van der Waals surface area (Å²) < 4.78 is 0. The molecule has 2 aromatic heterocycles. The van der Waals surface area contributed by atoms with Crippen LogP contribution in [0.25, 0.3) is 10.2 Å². The highest BCUT2D eigenvalue weighted by atomic mass is 32.1. The smallest absolute Gasteiger partial charge is 0.263 e. The van der Waals surface area contributed by atoms with E-state index < -0.39 is 0 Å². The van der Waals surface area contributed by atoms with Gasteiger partial charge >= 0.3 is 0 Å². The summed E-state index contributed by atoms with van der Waals surface area (Å²) in [4.78, 5) is 13.7. The Hall–Kier alpha value is -1.69. The number of carbonyl (C=O) groups excluding carboxylic acids is 1. The molecule has 0 saturated heterocycles. The molecule has 0 bridgehead atoms. The number of nitrogens with one attached hydrogen (secondary N) is 1. The lowest BCUT2D eigenvalue weighted by Crippen LogP contribution is -2.40. The number of nitrogen functional groups attached to an aromatic ring is 1. The van der Waals surface area contributed by atoms with Crippen molar-refractivity contribution in [1.82, 2.24) is 15.5 Å². The minimum Gasteiger partial charge on any atom is -0.397 e. The topological polar surface area (TPSA) is 80.9 Å². The molecule has 0 aliphatic heterocycles. The van der Waals surface area contributed by atoms with Crippen molar-refractivity contribution in [2.45, 2.75) is 45.6 Å². The van der Waals surface area contributed by atoms with Gasteiger partial charge in [-0.1, -0.05) is 20.3 Å². The van der Waals surface area contributed by atoms with Gasteiger partial charge in [0.2, 0.25) is 0 Å². The van der Waals surface area contributed by atoms with E-state index in [1.165, 1.54) is 17.8 Å². The zero-order chi connectivity index (χ0) is 15.0. The average Bonchev–Trinajstić information content (AvgIpc) is 2.76. The number of hydrogen-bond donors (Lipinski definition) is 2. The maximum Gasteiger partial charge on any atom is 0.263 e. The number of hydrogen-bond acceptors (Lipinski definition) is 5. The quantitative estimate of drug-likeness (QED) is 0.893. The van der Waals surface area contributed by atoms with E-state index in [1.54, 1.807) is 12.3 Å². The summed E-state index contributed by atoms with van der Waals surface area (Å²) in [5, 5.41) is 11.8. The van der Waals surface area contributed by atoms with Gasteiger partial charge in [-0.2, -0.15) is 5.10 Å². The highest BCUT2D eigenvalue weighted by Gasteiger charge is 2.29. The Balaban J connectivity index is 1.79. The van der Waals surface area contributed by atoms with Gasteiger partial charge in [-0.05, 0) is 30.7 Å². The fourth-order valence-electron chi connectivity index (χ4n) is 3.11. The predicted molar refractivity (Wildman–Crippen MR) is 85.3 cm³/mol. The molecule has 3 rings (SSSR count). The minimum absolute atomic E-state index is 0.0850. The minimum atomic E-state index is -0.0850. The SMILES string of the molecule is CC1(C)CCCC(NC(=O)c2sc3nnccc3c2N)C1. The molecule has 2 aromatic rings. The molecule has 2 heterocycles. The number of rotatable bonds is 2. The number of anilines is 1. The molecular formula is C15H20N4OS. The molecule has 0 radical (unpaired) electrons. The van der Waals surface area contributed by atoms with Crippen molar-refractivity contribution in [2.24, 2.45) is 5.41 Å². The van der Waals surface area contributed by atoms with Crippen LogP contribution in [0.15, 0.2) is 12.3 Å². The third kappa shape index (κ3) is 2.85. The summed E-state index contributed by atoms with van der Waals surface area (Å²) in [5.41, 5.74) is 6.89. The first-order valence-electron chi connectivity index (χ1n) is 7.27. The van der Waals surface area contributed by atoms with E-state index in [0.29, 0.717) is 20.8 Å². The summed E-state index contributed by atoms with van der Waals surface area (Å²) in [7, 11) is 0. The second-order valence-corrected chi connectivity index (χ2v) is 7.52. The van der Waals surface area contributed by atoms with Gasteiger partial charge in [-0.25, -0.2) is 0 Å². The molecule has 1 saturated carbocycles. The molecule has 1 amide bonds. The van der Waals surface area contributed by atoms with Crippen LogP contribution in [0, 0.1) is 5.41 Å². The molecule has 6 heteroatoms. The lowest BCUT2D eigenvalue weighted by Gasteiger charge is -2.35. The molecular weight excluding hydrogens is 284 g/mol. The van der Waals surface area contributed by atoms with Crippen molar-refractivity contribution in [3.63, 3.8) is 0 Å². The van der Waals surface area contributed by atoms with Gasteiger partial charge in [-0.3, -0.25) is 4.79 Å². The van der Waals surface area contributed by atoms with Gasteiger partial charge in [0, 0.05) is 11.4 Å². The Morgan fingerprint density at radius 1 is 1.52 bits per heavy atom. The van der Waals surface area contributed by atoms with Gasteiger partial charge in [0.25, 0.3) is 5.91 Å². The molecule has 5 nitrogen and oxygen atoms in total. The zero-order valence-corrected chi connectivity index (χ0v) is 13.2. The molecule has 1 fully saturated rings. The van der Waals surface area contributed by atoms with Crippen molar-refractivity contribution >= 4 is 33.1 Å². The lowest BCUT2D eigenvalue weighted by molar-refractivity contribution is 0.0907. The number of nitrogens with zero attached hydrogens (tertiary/aromatic N) is 2. The van der Waals surface area contributed by atoms with Crippen LogP contribution >= 0.6 is 11.3 Å². The molecule has 1 unspecified atom stereocenters.